The number of halogens is 1. The van der Waals surface area contributed by atoms with Crippen molar-refractivity contribution in [3.63, 3.8) is 0 Å². The molecule has 0 fully saturated rings. The summed E-state index contributed by atoms with van der Waals surface area (Å²) in [5.74, 6) is -0.945. The molecule has 0 N–H and O–H groups in total. The summed E-state index contributed by atoms with van der Waals surface area (Å²) < 4.78 is 21.9. The summed E-state index contributed by atoms with van der Waals surface area (Å²) in [5, 5.41) is 0. The SMILES string of the molecule is C=CCN1C(=O)COc2cc(F)c(-n3c(=O)cc(CC)n(C)c3=O)cc21. The van der Waals surface area contributed by atoms with Crippen LogP contribution in [0.2, 0.25) is 0 Å². The van der Waals surface area contributed by atoms with E-state index in [9.17, 15) is 18.8 Å². The van der Waals surface area contributed by atoms with Crippen molar-refractivity contribution in [2.24, 2.45) is 7.05 Å². The zero-order chi connectivity index (χ0) is 19.0. The molecule has 2 aromatic rings. The lowest BCUT2D eigenvalue weighted by atomic mass is 10.2. The highest BCUT2D eigenvalue weighted by molar-refractivity contribution is 5.98. The van der Waals surface area contributed by atoms with Crippen molar-refractivity contribution in [2.75, 3.05) is 18.1 Å². The third-order valence-corrected chi connectivity index (χ3v) is 4.31. The number of hydrogen-bond donors (Lipinski definition) is 0. The minimum atomic E-state index is -0.792. The van der Waals surface area contributed by atoms with Gasteiger partial charge in [-0.3, -0.25) is 9.59 Å². The van der Waals surface area contributed by atoms with Gasteiger partial charge in [-0.2, -0.15) is 0 Å². The van der Waals surface area contributed by atoms with E-state index in [1.165, 1.54) is 34.7 Å². The Morgan fingerprint density at radius 2 is 1.96 bits per heavy atom. The van der Waals surface area contributed by atoms with Crippen LogP contribution in [0.1, 0.15) is 12.6 Å². The molecule has 2 heterocycles. The van der Waals surface area contributed by atoms with Crippen LogP contribution < -0.4 is 20.9 Å². The molecule has 8 heteroatoms. The number of aromatic nitrogens is 2. The Morgan fingerprint density at radius 3 is 2.62 bits per heavy atom. The van der Waals surface area contributed by atoms with Crippen LogP contribution in [0, 0.1) is 5.82 Å². The van der Waals surface area contributed by atoms with E-state index in [0.717, 1.165) is 10.6 Å². The molecule has 1 amide bonds. The Hall–Kier alpha value is -3.16. The van der Waals surface area contributed by atoms with E-state index in [1.54, 1.807) is 0 Å². The van der Waals surface area contributed by atoms with Crippen LogP contribution >= 0.6 is 0 Å². The number of carbonyl (C=O) groups excluding carboxylic acids is 1. The summed E-state index contributed by atoms with van der Waals surface area (Å²) in [7, 11) is 1.52. The third kappa shape index (κ3) is 2.73. The van der Waals surface area contributed by atoms with Crippen molar-refractivity contribution in [3.8, 4) is 11.4 Å². The minimum absolute atomic E-state index is 0.169. The lowest BCUT2D eigenvalue weighted by molar-refractivity contribution is -0.121. The molecule has 1 aliphatic rings. The number of hydrogen-bond acceptors (Lipinski definition) is 4. The molecule has 26 heavy (non-hydrogen) atoms. The van der Waals surface area contributed by atoms with Crippen molar-refractivity contribution >= 4 is 11.6 Å². The van der Waals surface area contributed by atoms with Gasteiger partial charge in [0.2, 0.25) is 0 Å². The van der Waals surface area contributed by atoms with E-state index in [1.807, 2.05) is 6.92 Å². The van der Waals surface area contributed by atoms with Crippen LogP contribution in [-0.4, -0.2) is 28.2 Å². The third-order valence-electron chi connectivity index (χ3n) is 4.31. The van der Waals surface area contributed by atoms with E-state index >= 15 is 0 Å². The van der Waals surface area contributed by atoms with Crippen molar-refractivity contribution < 1.29 is 13.9 Å². The molecule has 0 radical (unpaired) electrons. The van der Waals surface area contributed by atoms with Gasteiger partial charge in [0.25, 0.3) is 11.5 Å². The van der Waals surface area contributed by atoms with Gasteiger partial charge in [-0.15, -0.1) is 6.58 Å². The normalized spacial score (nSPS) is 13.3. The topological polar surface area (TPSA) is 73.5 Å². The maximum Gasteiger partial charge on any atom is 0.335 e. The summed E-state index contributed by atoms with van der Waals surface area (Å²) in [6.45, 7) is 5.40. The van der Waals surface area contributed by atoms with Crippen molar-refractivity contribution in [1.82, 2.24) is 9.13 Å². The first-order valence-corrected chi connectivity index (χ1v) is 8.09. The van der Waals surface area contributed by atoms with Gasteiger partial charge in [0.05, 0.1) is 11.4 Å². The van der Waals surface area contributed by atoms with Gasteiger partial charge < -0.3 is 14.2 Å². The summed E-state index contributed by atoms with van der Waals surface area (Å²) in [5.41, 5.74) is -0.703. The molecule has 3 rings (SSSR count). The number of carbonyl (C=O) groups is 1. The average molecular weight is 359 g/mol. The first kappa shape index (κ1) is 17.7. The van der Waals surface area contributed by atoms with Crippen molar-refractivity contribution in [1.29, 1.82) is 0 Å². The van der Waals surface area contributed by atoms with Crippen molar-refractivity contribution in [2.45, 2.75) is 13.3 Å². The van der Waals surface area contributed by atoms with E-state index in [0.29, 0.717) is 12.1 Å². The zero-order valence-electron chi connectivity index (χ0n) is 14.5. The summed E-state index contributed by atoms with van der Waals surface area (Å²) >= 11 is 0. The van der Waals surface area contributed by atoms with E-state index in [-0.39, 0.29) is 36.2 Å². The average Bonchev–Trinajstić information content (AvgIpc) is 2.61. The second-order valence-corrected chi connectivity index (χ2v) is 5.86. The molecule has 1 aromatic heterocycles. The smallest absolute Gasteiger partial charge is 0.335 e. The molecule has 1 aliphatic heterocycles. The molecule has 0 saturated carbocycles. The van der Waals surface area contributed by atoms with Gasteiger partial charge in [-0.25, -0.2) is 13.8 Å². The second kappa shape index (κ2) is 6.62. The Morgan fingerprint density at radius 1 is 1.23 bits per heavy atom. The molecular formula is C18H18FN3O4. The van der Waals surface area contributed by atoms with E-state index in [4.69, 9.17) is 4.74 Å². The number of aryl methyl sites for hydroxylation is 1. The number of amides is 1. The Bertz CT molecular complexity index is 1020. The first-order valence-electron chi connectivity index (χ1n) is 8.09. The largest absolute Gasteiger partial charge is 0.481 e. The molecule has 7 nitrogen and oxygen atoms in total. The van der Waals surface area contributed by atoms with Crippen LogP contribution in [-0.2, 0) is 18.3 Å². The van der Waals surface area contributed by atoms with Crippen molar-refractivity contribution in [3.05, 3.63) is 63.2 Å². The van der Waals surface area contributed by atoms with Gasteiger partial charge in [-0.05, 0) is 12.5 Å². The molecule has 1 aromatic carbocycles. The van der Waals surface area contributed by atoms with Gasteiger partial charge in [0.15, 0.2) is 12.4 Å². The number of fused-ring (bicyclic) bond motifs is 1. The zero-order valence-corrected chi connectivity index (χ0v) is 14.5. The maximum absolute atomic E-state index is 14.6. The highest BCUT2D eigenvalue weighted by Crippen LogP contribution is 2.35. The fourth-order valence-corrected chi connectivity index (χ4v) is 2.94. The number of anilines is 1. The Labute approximate surface area is 148 Å². The first-order chi connectivity index (χ1) is 12.4. The van der Waals surface area contributed by atoms with Gasteiger partial charge in [0.1, 0.15) is 5.75 Å². The molecule has 0 saturated heterocycles. The monoisotopic (exact) mass is 359 g/mol. The predicted molar refractivity (Wildman–Crippen MR) is 94.7 cm³/mol. The van der Waals surface area contributed by atoms with E-state index < -0.39 is 17.1 Å². The highest BCUT2D eigenvalue weighted by Gasteiger charge is 2.27. The number of benzene rings is 1. The van der Waals surface area contributed by atoms with Gasteiger partial charge >= 0.3 is 5.69 Å². The van der Waals surface area contributed by atoms with E-state index in [2.05, 4.69) is 6.58 Å². The van der Waals surface area contributed by atoms with Crippen LogP contribution in [0.3, 0.4) is 0 Å². The lowest BCUT2D eigenvalue weighted by Gasteiger charge is -2.29. The molecule has 0 spiro atoms. The van der Waals surface area contributed by atoms with Crippen LogP contribution in [0.25, 0.3) is 5.69 Å². The van der Waals surface area contributed by atoms with Crippen LogP contribution in [0.4, 0.5) is 10.1 Å². The summed E-state index contributed by atoms with van der Waals surface area (Å²) in [6.07, 6.45) is 2.02. The number of ether oxygens (including phenoxy) is 1. The number of nitrogens with zero attached hydrogens (tertiary/aromatic N) is 3. The molecular weight excluding hydrogens is 341 g/mol. The standard InChI is InChI=1S/C18H18FN3O4/c1-4-6-21-14-9-13(12(19)8-15(14)26-10-17(21)24)22-16(23)7-11(5-2)20(3)18(22)25/h4,7-9H,1,5-6,10H2,2-3H3. The molecule has 0 bridgehead atoms. The Kier molecular flexibility index (Phi) is 4.50. The number of rotatable bonds is 4. The lowest BCUT2D eigenvalue weighted by Crippen LogP contribution is -2.41. The fourth-order valence-electron chi connectivity index (χ4n) is 2.94. The van der Waals surface area contributed by atoms with Crippen LogP contribution in [0.5, 0.6) is 5.75 Å². The second-order valence-electron chi connectivity index (χ2n) is 5.86. The fraction of sp³-hybridized carbons (Fsp3) is 0.278. The minimum Gasteiger partial charge on any atom is -0.481 e. The predicted octanol–water partition coefficient (Wildman–Crippen LogP) is 1.15. The summed E-state index contributed by atoms with van der Waals surface area (Å²) in [4.78, 5) is 38.5. The maximum atomic E-state index is 14.6. The Balaban J connectivity index is 2.27. The van der Waals surface area contributed by atoms with Crippen LogP contribution in [0.15, 0.2) is 40.4 Å². The quantitative estimate of drug-likeness (QED) is 0.768. The molecule has 0 unspecified atom stereocenters. The molecule has 0 atom stereocenters. The summed E-state index contributed by atoms with van der Waals surface area (Å²) in [6, 6.07) is 3.65. The highest BCUT2D eigenvalue weighted by atomic mass is 19.1. The van der Waals surface area contributed by atoms with Gasteiger partial charge in [-0.1, -0.05) is 13.0 Å². The van der Waals surface area contributed by atoms with Gasteiger partial charge in [0, 0.05) is 31.4 Å². The molecule has 0 aliphatic carbocycles. The molecule has 136 valence electrons.